The first-order valence-corrected chi connectivity index (χ1v) is 5.59. The fourth-order valence-corrected chi connectivity index (χ4v) is 1.50. The number of nitrogens with one attached hydrogen (secondary N) is 2. The molecule has 0 atom stereocenters. The summed E-state index contributed by atoms with van der Waals surface area (Å²) in [6.07, 6.45) is 1.74. The molecule has 2 aromatic rings. The number of hydrogen-bond acceptors (Lipinski definition) is 3. The number of rotatable bonds is 3. The summed E-state index contributed by atoms with van der Waals surface area (Å²) >= 11 is 0. The molecule has 2 rings (SSSR count). The van der Waals surface area contributed by atoms with Crippen LogP contribution < -0.4 is 16.6 Å². The minimum Gasteiger partial charge on any atom is -0.325 e. The summed E-state index contributed by atoms with van der Waals surface area (Å²) in [5.74, 6) is 5.95. The molecular weight excluding hydrogens is 228 g/mol. The van der Waals surface area contributed by atoms with E-state index >= 15 is 0 Å². The van der Waals surface area contributed by atoms with Crippen molar-refractivity contribution in [1.82, 2.24) is 15.2 Å². The van der Waals surface area contributed by atoms with Crippen molar-refractivity contribution in [3.8, 4) is 0 Å². The van der Waals surface area contributed by atoms with Crippen LogP contribution in [0.1, 0.15) is 5.69 Å². The molecule has 6 heteroatoms. The van der Waals surface area contributed by atoms with Gasteiger partial charge in [-0.2, -0.15) is 5.10 Å². The lowest BCUT2D eigenvalue weighted by Crippen LogP contribution is -2.36. The Morgan fingerprint density at radius 1 is 1.33 bits per heavy atom. The fraction of sp³-hybridized carbons (Fsp3) is 0.167. The zero-order valence-electron chi connectivity index (χ0n) is 10.2. The number of aryl methyl sites for hydroxylation is 1. The van der Waals surface area contributed by atoms with E-state index in [2.05, 4.69) is 20.8 Å². The fourth-order valence-electron chi connectivity index (χ4n) is 1.50. The van der Waals surface area contributed by atoms with Gasteiger partial charge in [-0.3, -0.25) is 10.1 Å². The molecule has 94 valence electrons. The average Bonchev–Trinajstić information content (AvgIpc) is 2.81. The summed E-state index contributed by atoms with van der Waals surface area (Å²) in [6, 6.07) is 11.6. The third-order valence-electron chi connectivity index (χ3n) is 2.49. The molecule has 4 N–H and O–H groups in total. The van der Waals surface area contributed by atoms with E-state index in [1.165, 1.54) is 0 Å². The molecule has 0 amide bonds. The number of aliphatic imine (C=N–C) groups is 1. The predicted molar refractivity (Wildman–Crippen MR) is 71.7 cm³/mol. The molecule has 0 aliphatic rings. The van der Waals surface area contributed by atoms with Crippen LogP contribution in [0.4, 0.5) is 5.69 Å². The van der Waals surface area contributed by atoms with Crippen molar-refractivity contribution in [2.45, 2.75) is 6.54 Å². The highest BCUT2D eigenvalue weighted by Crippen LogP contribution is 2.05. The highest BCUT2D eigenvalue weighted by Gasteiger charge is 2.00. The number of anilines is 1. The summed E-state index contributed by atoms with van der Waals surface area (Å²) in [7, 11) is 1.88. The van der Waals surface area contributed by atoms with Crippen molar-refractivity contribution in [2.24, 2.45) is 17.9 Å². The number of guanidine groups is 1. The minimum atomic E-state index is 0.510. The van der Waals surface area contributed by atoms with Gasteiger partial charge in [0.15, 0.2) is 0 Å². The maximum absolute atomic E-state index is 5.43. The second-order valence-corrected chi connectivity index (χ2v) is 3.75. The lowest BCUT2D eigenvalue weighted by Gasteiger charge is -2.08. The van der Waals surface area contributed by atoms with E-state index < -0.39 is 0 Å². The molecule has 18 heavy (non-hydrogen) atoms. The Hall–Kier alpha value is -2.34. The van der Waals surface area contributed by atoms with Gasteiger partial charge < -0.3 is 5.32 Å². The Kier molecular flexibility index (Phi) is 3.93. The Labute approximate surface area is 105 Å². The van der Waals surface area contributed by atoms with Crippen LogP contribution in [0, 0.1) is 0 Å². The number of nitrogens with zero attached hydrogens (tertiary/aromatic N) is 3. The normalized spacial score (nSPS) is 11.3. The van der Waals surface area contributed by atoms with E-state index in [-0.39, 0.29) is 0 Å². The number of aromatic nitrogens is 2. The summed E-state index contributed by atoms with van der Waals surface area (Å²) < 4.78 is 1.78. The number of hydrogen-bond donors (Lipinski definition) is 3. The van der Waals surface area contributed by atoms with E-state index in [1.807, 2.05) is 43.4 Å². The van der Waals surface area contributed by atoms with E-state index in [0.717, 1.165) is 11.4 Å². The second-order valence-electron chi connectivity index (χ2n) is 3.75. The number of hydrazine groups is 1. The topological polar surface area (TPSA) is 80.3 Å². The van der Waals surface area contributed by atoms with Crippen molar-refractivity contribution in [2.75, 3.05) is 5.32 Å². The highest BCUT2D eigenvalue weighted by atomic mass is 15.3. The summed E-state index contributed by atoms with van der Waals surface area (Å²) in [5, 5.41) is 7.17. The van der Waals surface area contributed by atoms with E-state index in [1.54, 1.807) is 10.9 Å². The van der Waals surface area contributed by atoms with Crippen molar-refractivity contribution >= 4 is 11.6 Å². The van der Waals surface area contributed by atoms with Gasteiger partial charge in [-0.05, 0) is 18.2 Å². The molecule has 0 aliphatic heterocycles. The Morgan fingerprint density at radius 2 is 2.11 bits per heavy atom. The molecule has 0 saturated carbocycles. The molecular formula is C12H16N6. The smallest absolute Gasteiger partial charge is 0.210 e. The third kappa shape index (κ3) is 3.08. The summed E-state index contributed by atoms with van der Waals surface area (Å²) in [4.78, 5) is 4.35. The first-order valence-electron chi connectivity index (χ1n) is 5.59. The monoisotopic (exact) mass is 244 g/mol. The van der Waals surface area contributed by atoms with E-state index in [4.69, 9.17) is 5.84 Å². The van der Waals surface area contributed by atoms with Gasteiger partial charge in [-0.15, -0.1) is 0 Å². The van der Waals surface area contributed by atoms with Crippen LogP contribution in [0.3, 0.4) is 0 Å². The zero-order chi connectivity index (χ0) is 12.8. The highest BCUT2D eigenvalue weighted by molar-refractivity contribution is 5.93. The molecule has 0 radical (unpaired) electrons. The zero-order valence-corrected chi connectivity index (χ0v) is 10.2. The van der Waals surface area contributed by atoms with Crippen LogP contribution in [0.15, 0.2) is 47.6 Å². The molecule has 1 aromatic carbocycles. The van der Waals surface area contributed by atoms with E-state index in [9.17, 15) is 0 Å². The maximum Gasteiger partial charge on any atom is 0.210 e. The first-order chi connectivity index (χ1) is 8.79. The molecule has 0 saturated heterocycles. The maximum atomic E-state index is 5.43. The van der Waals surface area contributed by atoms with Crippen LogP contribution in [0.25, 0.3) is 0 Å². The van der Waals surface area contributed by atoms with Crippen LogP contribution >= 0.6 is 0 Å². The SMILES string of the molecule is Cn1nccc1CN=C(NN)Nc1ccccc1. The Balaban J connectivity index is 2.03. The molecule has 0 bridgehead atoms. The number of nitrogens with two attached hydrogens (primary N) is 1. The van der Waals surface area contributed by atoms with Crippen LogP contribution in [-0.4, -0.2) is 15.7 Å². The predicted octanol–water partition coefficient (Wildman–Crippen LogP) is 0.851. The summed E-state index contributed by atoms with van der Waals surface area (Å²) in [5.41, 5.74) is 4.48. The van der Waals surface area contributed by atoms with Crippen molar-refractivity contribution in [3.63, 3.8) is 0 Å². The Morgan fingerprint density at radius 3 is 2.72 bits per heavy atom. The van der Waals surface area contributed by atoms with E-state index in [0.29, 0.717) is 12.5 Å². The average molecular weight is 244 g/mol. The van der Waals surface area contributed by atoms with Crippen LogP contribution in [0.5, 0.6) is 0 Å². The van der Waals surface area contributed by atoms with Crippen molar-refractivity contribution < 1.29 is 0 Å². The number of para-hydroxylation sites is 1. The molecule has 1 aromatic heterocycles. The molecule has 0 fully saturated rings. The Bertz CT molecular complexity index is 516. The van der Waals surface area contributed by atoms with Gasteiger partial charge in [-0.1, -0.05) is 18.2 Å². The van der Waals surface area contributed by atoms with Crippen molar-refractivity contribution in [1.29, 1.82) is 0 Å². The van der Waals surface area contributed by atoms with Crippen LogP contribution in [0.2, 0.25) is 0 Å². The van der Waals surface area contributed by atoms with Gasteiger partial charge in [0.05, 0.1) is 12.2 Å². The quantitative estimate of drug-likeness (QED) is 0.324. The van der Waals surface area contributed by atoms with Gasteiger partial charge in [0.2, 0.25) is 5.96 Å². The number of benzene rings is 1. The standard InChI is InChI=1S/C12H16N6/c1-18-11(7-8-15-18)9-14-12(17-13)16-10-5-3-2-4-6-10/h2-8H,9,13H2,1H3,(H2,14,16,17). The minimum absolute atomic E-state index is 0.510. The molecule has 6 nitrogen and oxygen atoms in total. The van der Waals surface area contributed by atoms with Crippen molar-refractivity contribution in [3.05, 3.63) is 48.3 Å². The molecule has 0 unspecified atom stereocenters. The largest absolute Gasteiger partial charge is 0.325 e. The van der Waals surface area contributed by atoms with Gasteiger partial charge in [0.25, 0.3) is 0 Å². The first kappa shape index (κ1) is 12.1. The lowest BCUT2D eigenvalue weighted by molar-refractivity contribution is 0.711. The van der Waals surface area contributed by atoms with Gasteiger partial charge in [0, 0.05) is 18.9 Å². The van der Waals surface area contributed by atoms with Gasteiger partial charge >= 0.3 is 0 Å². The third-order valence-corrected chi connectivity index (χ3v) is 2.49. The lowest BCUT2D eigenvalue weighted by atomic mass is 10.3. The summed E-state index contributed by atoms with van der Waals surface area (Å²) in [6.45, 7) is 0.510. The molecule has 0 spiro atoms. The van der Waals surface area contributed by atoms with Gasteiger partial charge in [0.1, 0.15) is 0 Å². The van der Waals surface area contributed by atoms with Gasteiger partial charge in [-0.25, -0.2) is 10.8 Å². The molecule has 0 aliphatic carbocycles. The van der Waals surface area contributed by atoms with Crippen LogP contribution in [-0.2, 0) is 13.6 Å². The molecule has 1 heterocycles. The second kappa shape index (κ2) is 5.83.